The monoisotopic (exact) mass is 450 g/mol. The molecule has 0 bridgehead atoms. The van der Waals surface area contributed by atoms with E-state index in [-0.39, 0.29) is 17.3 Å². The second kappa shape index (κ2) is 9.04. The van der Waals surface area contributed by atoms with Crippen molar-refractivity contribution in [2.45, 2.75) is 24.7 Å². The van der Waals surface area contributed by atoms with Gasteiger partial charge in [0.2, 0.25) is 5.91 Å². The van der Waals surface area contributed by atoms with Crippen molar-refractivity contribution in [3.8, 4) is 5.75 Å². The van der Waals surface area contributed by atoms with Crippen molar-refractivity contribution in [2.75, 3.05) is 29.4 Å². The summed E-state index contributed by atoms with van der Waals surface area (Å²) in [5.41, 5.74) is 3.22. The van der Waals surface area contributed by atoms with Gasteiger partial charge in [-0.2, -0.15) is 0 Å². The van der Waals surface area contributed by atoms with Crippen LogP contribution in [0.1, 0.15) is 17.5 Å². The first-order valence-corrected chi connectivity index (χ1v) is 12.0. The van der Waals surface area contributed by atoms with Gasteiger partial charge in [-0.05, 0) is 55.7 Å². The van der Waals surface area contributed by atoms with Gasteiger partial charge in [-0.25, -0.2) is 8.42 Å². The average Bonchev–Trinajstić information content (AvgIpc) is 2.82. The summed E-state index contributed by atoms with van der Waals surface area (Å²) in [4.78, 5) is 15.3. The number of carbonyl (C=O) groups excluding carboxylic acids is 1. The van der Waals surface area contributed by atoms with Gasteiger partial charge < -0.3 is 9.64 Å². The Hall–Kier alpha value is -3.32. The van der Waals surface area contributed by atoms with Crippen molar-refractivity contribution in [3.05, 3.63) is 83.9 Å². The smallest absolute Gasteiger partial charge is 0.264 e. The lowest BCUT2D eigenvalue weighted by atomic mass is 10.0. The molecule has 0 saturated heterocycles. The molecule has 0 fully saturated rings. The molecule has 6 nitrogen and oxygen atoms in total. The zero-order chi connectivity index (χ0) is 22.7. The van der Waals surface area contributed by atoms with E-state index in [1.165, 1.54) is 7.11 Å². The number of sulfonamides is 1. The standard InChI is InChI=1S/C25H26N2O4S/c1-19-13-15-21(16-14-19)32(29,30)27(23-11-5-6-12-24(23)31-2)18-25(28)26-17-7-9-20-8-3-4-10-22(20)26/h3-6,8,10-16H,7,9,17-18H2,1-2H3. The minimum absolute atomic E-state index is 0.126. The second-order valence-corrected chi connectivity index (χ2v) is 9.64. The molecular formula is C25H26N2O4S. The number of anilines is 2. The maximum atomic E-state index is 13.7. The first-order valence-electron chi connectivity index (χ1n) is 10.5. The number of hydrogen-bond donors (Lipinski definition) is 0. The number of aryl methyl sites for hydroxylation is 2. The van der Waals surface area contributed by atoms with Crippen LogP contribution in [0.15, 0.2) is 77.7 Å². The summed E-state index contributed by atoms with van der Waals surface area (Å²) in [5.74, 6) is 0.105. The van der Waals surface area contributed by atoms with Gasteiger partial charge in [0.15, 0.2) is 0 Å². The number of ether oxygens (including phenoxy) is 1. The van der Waals surface area contributed by atoms with Crippen molar-refractivity contribution in [1.82, 2.24) is 0 Å². The molecule has 1 aliphatic heterocycles. The molecule has 1 heterocycles. The Labute approximate surface area is 189 Å². The van der Waals surface area contributed by atoms with Gasteiger partial charge in [0, 0.05) is 12.2 Å². The van der Waals surface area contributed by atoms with Crippen LogP contribution < -0.4 is 13.9 Å². The van der Waals surface area contributed by atoms with Crippen molar-refractivity contribution >= 4 is 27.3 Å². The zero-order valence-corrected chi connectivity index (χ0v) is 19.0. The molecule has 4 rings (SSSR count). The van der Waals surface area contributed by atoms with Crippen LogP contribution in [0, 0.1) is 6.92 Å². The van der Waals surface area contributed by atoms with Gasteiger partial charge >= 0.3 is 0 Å². The molecular weight excluding hydrogens is 424 g/mol. The third-order valence-corrected chi connectivity index (χ3v) is 7.43. The summed E-state index contributed by atoms with van der Waals surface area (Å²) >= 11 is 0. The van der Waals surface area contributed by atoms with Gasteiger partial charge in [0.05, 0.1) is 17.7 Å². The fourth-order valence-corrected chi connectivity index (χ4v) is 5.40. The van der Waals surface area contributed by atoms with E-state index >= 15 is 0 Å². The first-order chi connectivity index (χ1) is 15.4. The molecule has 0 radical (unpaired) electrons. The number of rotatable bonds is 6. The van der Waals surface area contributed by atoms with Crippen LogP contribution in [0.3, 0.4) is 0 Å². The van der Waals surface area contributed by atoms with Gasteiger partial charge in [-0.3, -0.25) is 9.10 Å². The lowest BCUT2D eigenvalue weighted by molar-refractivity contribution is -0.117. The lowest BCUT2D eigenvalue weighted by Crippen LogP contribution is -2.45. The molecule has 3 aromatic rings. The number of methoxy groups -OCH3 is 1. The third-order valence-electron chi connectivity index (χ3n) is 5.65. The SMILES string of the molecule is COc1ccccc1N(CC(=O)N1CCCc2ccccc21)S(=O)(=O)c1ccc(C)cc1. The van der Waals surface area contributed by atoms with Crippen LogP contribution in [-0.2, 0) is 21.2 Å². The van der Waals surface area contributed by atoms with Crippen molar-refractivity contribution in [1.29, 1.82) is 0 Å². The molecule has 32 heavy (non-hydrogen) atoms. The number of nitrogens with zero attached hydrogens (tertiary/aromatic N) is 2. The molecule has 0 saturated carbocycles. The number of fused-ring (bicyclic) bond motifs is 1. The summed E-state index contributed by atoms with van der Waals surface area (Å²) in [6, 6.07) is 21.2. The summed E-state index contributed by atoms with van der Waals surface area (Å²) in [5, 5.41) is 0. The Bertz CT molecular complexity index is 1220. The minimum Gasteiger partial charge on any atom is -0.495 e. The minimum atomic E-state index is -4.01. The molecule has 0 N–H and O–H groups in total. The highest BCUT2D eigenvalue weighted by Gasteiger charge is 2.32. The third kappa shape index (κ3) is 4.21. The molecule has 0 aromatic heterocycles. The van der Waals surface area contributed by atoms with E-state index in [4.69, 9.17) is 4.74 Å². The Morgan fingerprint density at radius 2 is 1.69 bits per heavy atom. The highest BCUT2D eigenvalue weighted by atomic mass is 32.2. The Morgan fingerprint density at radius 1 is 1.00 bits per heavy atom. The quantitative estimate of drug-likeness (QED) is 0.565. The van der Waals surface area contributed by atoms with Crippen LogP contribution in [0.4, 0.5) is 11.4 Å². The van der Waals surface area contributed by atoms with Crippen LogP contribution in [0.2, 0.25) is 0 Å². The van der Waals surface area contributed by atoms with Crippen LogP contribution in [-0.4, -0.2) is 34.5 Å². The van der Waals surface area contributed by atoms with E-state index in [2.05, 4.69) is 0 Å². The van der Waals surface area contributed by atoms with E-state index in [0.717, 1.165) is 34.0 Å². The number of benzene rings is 3. The number of para-hydroxylation sites is 3. The lowest BCUT2D eigenvalue weighted by Gasteiger charge is -2.32. The molecule has 0 aliphatic carbocycles. The number of hydrogen-bond acceptors (Lipinski definition) is 4. The number of carbonyl (C=O) groups is 1. The maximum Gasteiger partial charge on any atom is 0.264 e. The zero-order valence-electron chi connectivity index (χ0n) is 18.2. The van der Waals surface area contributed by atoms with Crippen molar-refractivity contribution in [2.24, 2.45) is 0 Å². The van der Waals surface area contributed by atoms with Crippen LogP contribution in [0.25, 0.3) is 0 Å². The van der Waals surface area contributed by atoms with E-state index in [1.54, 1.807) is 53.4 Å². The molecule has 1 aliphatic rings. The van der Waals surface area contributed by atoms with E-state index in [1.807, 2.05) is 31.2 Å². The molecule has 0 spiro atoms. The summed E-state index contributed by atoms with van der Waals surface area (Å²) in [6.07, 6.45) is 1.74. The largest absolute Gasteiger partial charge is 0.495 e. The summed E-state index contributed by atoms with van der Waals surface area (Å²) in [7, 11) is -2.52. The predicted octanol–water partition coefficient (Wildman–Crippen LogP) is 4.18. The highest BCUT2D eigenvalue weighted by Crippen LogP contribution is 2.33. The average molecular weight is 451 g/mol. The maximum absolute atomic E-state index is 13.7. The van der Waals surface area contributed by atoms with Gasteiger partial charge in [0.25, 0.3) is 10.0 Å². The normalized spacial score (nSPS) is 13.4. The Morgan fingerprint density at radius 3 is 2.44 bits per heavy atom. The topological polar surface area (TPSA) is 66.9 Å². The molecule has 0 unspecified atom stereocenters. The fourth-order valence-electron chi connectivity index (χ4n) is 3.97. The summed E-state index contributed by atoms with van der Waals surface area (Å²) < 4.78 is 33.9. The van der Waals surface area contributed by atoms with Crippen molar-refractivity contribution in [3.63, 3.8) is 0 Å². The predicted molar refractivity (Wildman–Crippen MR) is 126 cm³/mol. The van der Waals surface area contributed by atoms with E-state index in [9.17, 15) is 13.2 Å². The van der Waals surface area contributed by atoms with E-state index in [0.29, 0.717) is 18.0 Å². The number of amides is 1. The fraction of sp³-hybridized carbons (Fsp3) is 0.240. The molecule has 166 valence electrons. The molecule has 0 atom stereocenters. The van der Waals surface area contributed by atoms with E-state index < -0.39 is 10.0 Å². The Balaban J connectivity index is 1.75. The summed E-state index contributed by atoms with van der Waals surface area (Å²) in [6.45, 7) is 2.12. The van der Waals surface area contributed by atoms with Crippen LogP contribution >= 0.6 is 0 Å². The van der Waals surface area contributed by atoms with Gasteiger partial charge in [-0.1, -0.05) is 48.0 Å². The van der Waals surface area contributed by atoms with Gasteiger partial charge in [0.1, 0.15) is 12.3 Å². The van der Waals surface area contributed by atoms with Gasteiger partial charge in [-0.15, -0.1) is 0 Å². The second-order valence-electron chi connectivity index (χ2n) is 7.77. The Kier molecular flexibility index (Phi) is 6.19. The first kappa shape index (κ1) is 21.9. The molecule has 1 amide bonds. The highest BCUT2D eigenvalue weighted by molar-refractivity contribution is 7.92. The van der Waals surface area contributed by atoms with Crippen molar-refractivity contribution < 1.29 is 17.9 Å². The molecule has 7 heteroatoms. The molecule has 3 aromatic carbocycles. The van der Waals surface area contributed by atoms with Crippen LogP contribution in [0.5, 0.6) is 5.75 Å².